The second-order valence-corrected chi connectivity index (χ2v) is 9.53. The monoisotopic (exact) mass is 414 g/mol. The second kappa shape index (κ2) is 8.53. The number of phosphoric acid groups is 1. The molecule has 156 valence electrons. The van der Waals surface area contributed by atoms with Gasteiger partial charge in [-0.25, -0.2) is 4.57 Å². The summed E-state index contributed by atoms with van der Waals surface area (Å²) < 4.78 is 24.2. The molecule has 2 aromatic rings. The zero-order valence-electron chi connectivity index (χ0n) is 17.5. The summed E-state index contributed by atoms with van der Waals surface area (Å²) in [5.74, 6) is 0.963. The van der Waals surface area contributed by atoms with E-state index in [0.29, 0.717) is 11.5 Å². The Morgan fingerprint density at radius 1 is 0.724 bits per heavy atom. The number of phosphoric ester groups is 1. The molecule has 0 unspecified atom stereocenters. The molecule has 4 rings (SSSR count). The van der Waals surface area contributed by atoms with Gasteiger partial charge in [-0.1, -0.05) is 26.0 Å². The van der Waals surface area contributed by atoms with E-state index < -0.39 is 7.82 Å². The Balaban J connectivity index is 1.61. The summed E-state index contributed by atoms with van der Waals surface area (Å²) in [5.41, 5.74) is 7.07. The molecule has 0 atom stereocenters. The van der Waals surface area contributed by atoms with Gasteiger partial charge in [0.1, 0.15) is 11.5 Å². The van der Waals surface area contributed by atoms with Crippen LogP contribution in [0.25, 0.3) is 0 Å². The van der Waals surface area contributed by atoms with Crippen LogP contribution in [-0.2, 0) is 43.1 Å². The van der Waals surface area contributed by atoms with E-state index in [2.05, 4.69) is 12.1 Å². The maximum atomic E-state index is 12.9. The Hall–Kier alpha value is -1.77. The van der Waals surface area contributed by atoms with E-state index >= 15 is 0 Å². The highest BCUT2D eigenvalue weighted by molar-refractivity contribution is 7.48. The van der Waals surface area contributed by atoms with Gasteiger partial charge in [-0.3, -0.25) is 4.89 Å². The van der Waals surface area contributed by atoms with Crippen molar-refractivity contribution in [3.8, 4) is 11.5 Å². The van der Waals surface area contributed by atoms with Crippen LogP contribution in [0.15, 0.2) is 24.3 Å². The largest absolute Gasteiger partial charge is 0.584 e. The van der Waals surface area contributed by atoms with Crippen LogP contribution in [0.3, 0.4) is 0 Å². The van der Waals surface area contributed by atoms with Crippen molar-refractivity contribution in [2.75, 3.05) is 0 Å². The molecule has 2 aliphatic rings. The molecule has 0 amide bonds. The van der Waals surface area contributed by atoms with Crippen LogP contribution in [0.1, 0.15) is 72.9 Å². The van der Waals surface area contributed by atoms with Crippen LogP contribution in [0.4, 0.5) is 0 Å². The molecule has 2 aromatic carbocycles. The minimum atomic E-state index is -4.29. The first-order valence-electron chi connectivity index (χ1n) is 11.0. The van der Waals surface area contributed by atoms with E-state index in [0.717, 1.165) is 62.5 Å². The van der Waals surface area contributed by atoms with Crippen LogP contribution in [0.5, 0.6) is 11.5 Å². The van der Waals surface area contributed by atoms with E-state index in [1.165, 1.54) is 35.1 Å². The van der Waals surface area contributed by atoms with Crippen LogP contribution < -0.4 is 9.05 Å². The number of aryl methyl sites for hydroxylation is 6. The molecule has 0 saturated carbocycles. The lowest BCUT2D eigenvalue weighted by Crippen LogP contribution is -2.09. The minimum absolute atomic E-state index is 0.481. The molecule has 5 heteroatoms. The maximum Gasteiger partial charge on any atom is 0.584 e. The molecular formula is C24H31O4P. The average Bonchev–Trinajstić information content (AvgIpc) is 2.72. The third kappa shape index (κ3) is 4.54. The Morgan fingerprint density at radius 3 is 1.41 bits per heavy atom. The van der Waals surface area contributed by atoms with E-state index in [9.17, 15) is 9.46 Å². The molecule has 1 N–H and O–H groups in total. The minimum Gasteiger partial charge on any atom is -0.395 e. The molecular weight excluding hydrogens is 383 g/mol. The highest BCUT2D eigenvalue weighted by Crippen LogP contribution is 2.48. The molecule has 0 aliphatic heterocycles. The first-order valence-corrected chi connectivity index (χ1v) is 12.5. The summed E-state index contributed by atoms with van der Waals surface area (Å²) in [6.07, 6.45) is 10.4. The quantitative estimate of drug-likeness (QED) is 0.578. The average molecular weight is 414 g/mol. The Bertz CT molecular complexity index is 877. The molecule has 0 saturated heterocycles. The smallest absolute Gasteiger partial charge is 0.395 e. The molecule has 0 heterocycles. The molecule has 4 nitrogen and oxygen atoms in total. The number of fused-ring (bicyclic) bond motifs is 2. The van der Waals surface area contributed by atoms with Gasteiger partial charge in [-0.05, 0) is 110 Å². The number of rotatable bonds is 6. The second-order valence-electron chi connectivity index (χ2n) is 8.23. The molecule has 29 heavy (non-hydrogen) atoms. The van der Waals surface area contributed by atoms with Crippen LogP contribution in [0.2, 0.25) is 0 Å². The lowest BCUT2D eigenvalue weighted by atomic mass is 9.89. The van der Waals surface area contributed by atoms with Gasteiger partial charge < -0.3 is 9.05 Å². The molecule has 0 spiro atoms. The predicted octanol–water partition coefficient (Wildman–Crippen LogP) is 6.13. The predicted molar refractivity (Wildman–Crippen MR) is 116 cm³/mol. The van der Waals surface area contributed by atoms with E-state index in [1.54, 1.807) is 0 Å². The van der Waals surface area contributed by atoms with Gasteiger partial charge in [0.25, 0.3) is 0 Å². The van der Waals surface area contributed by atoms with Crippen molar-refractivity contribution in [2.45, 2.75) is 78.1 Å². The van der Waals surface area contributed by atoms with Crippen molar-refractivity contribution in [1.82, 2.24) is 0 Å². The van der Waals surface area contributed by atoms with Gasteiger partial charge in [0.2, 0.25) is 0 Å². The highest BCUT2D eigenvalue weighted by atomic mass is 31.2. The summed E-state index contributed by atoms with van der Waals surface area (Å²) in [6, 6.07) is 8.18. The van der Waals surface area contributed by atoms with Gasteiger partial charge in [0.05, 0.1) is 0 Å². The third-order valence-corrected chi connectivity index (χ3v) is 7.09. The molecule has 0 fully saturated rings. The van der Waals surface area contributed by atoms with E-state index in [4.69, 9.17) is 9.05 Å². The van der Waals surface area contributed by atoms with Crippen LogP contribution in [0, 0.1) is 0 Å². The third-order valence-electron chi connectivity index (χ3n) is 6.24. The SMILES string of the molecule is CCc1cc2c(cc1OP(=O)(O)Oc1cc3c(cc1CC)CCCC3)CCCC2. The van der Waals surface area contributed by atoms with Crippen molar-refractivity contribution >= 4 is 7.82 Å². The standard InChI is InChI=1S/C24H31O4P/c1-3-17-13-19-9-5-7-11-21(19)15-23(17)27-29(25,26)28-24-16-22-12-8-6-10-20(22)14-18(24)4-2/h13-16H,3-12H2,1-2H3,(H,25,26). The first kappa shape index (κ1) is 20.5. The lowest BCUT2D eigenvalue weighted by Gasteiger charge is -2.23. The van der Waals surface area contributed by atoms with Gasteiger partial charge in [0.15, 0.2) is 0 Å². The zero-order chi connectivity index (χ0) is 20.4. The molecule has 0 aromatic heterocycles. The van der Waals surface area contributed by atoms with Gasteiger partial charge in [0, 0.05) is 0 Å². The maximum absolute atomic E-state index is 12.9. The highest BCUT2D eigenvalue weighted by Gasteiger charge is 2.29. The van der Waals surface area contributed by atoms with Crippen molar-refractivity contribution in [3.05, 3.63) is 57.6 Å². The van der Waals surface area contributed by atoms with Crippen molar-refractivity contribution in [2.24, 2.45) is 0 Å². The van der Waals surface area contributed by atoms with Gasteiger partial charge in [-0.2, -0.15) is 0 Å². The van der Waals surface area contributed by atoms with Gasteiger partial charge in [-0.15, -0.1) is 0 Å². The number of hydrogen-bond acceptors (Lipinski definition) is 3. The lowest BCUT2D eigenvalue weighted by molar-refractivity contribution is 0.288. The normalized spacial score (nSPS) is 16.1. The Labute approximate surface area is 173 Å². The molecule has 2 aliphatic carbocycles. The fourth-order valence-corrected chi connectivity index (χ4v) is 5.49. The topological polar surface area (TPSA) is 55.8 Å². The number of hydrogen-bond donors (Lipinski definition) is 1. The summed E-state index contributed by atoms with van der Waals surface area (Å²) in [5, 5.41) is 0. The molecule has 0 bridgehead atoms. The Kier molecular flexibility index (Phi) is 6.03. The van der Waals surface area contributed by atoms with Crippen LogP contribution >= 0.6 is 7.82 Å². The fraction of sp³-hybridized carbons (Fsp3) is 0.500. The van der Waals surface area contributed by atoms with E-state index in [-0.39, 0.29) is 0 Å². The number of benzene rings is 2. The fourth-order valence-electron chi connectivity index (χ4n) is 4.62. The van der Waals surface area contributed by atoms with Gasteiger partial charge >= 0.3 is 7.82 Å². The first-order chi connectivity index (χ1) is 14.0. The Morgan fingerprint density at radius 2 is 1.07 bits per heavy atom. The summed E-state index contributed by atoms with van der Waals surface area (Å²) in [7, 11) is -4.29. The summed E-state index contributed by atoms with van der Waals surface area (Å²) in [4.78, 5) is 10.6. The van der Waals surface area contributed by atoms with E-state index in [1.807, 2.05) is 26.0 Å². The van der Waals surface area contributed by atoms with Crippen molar-refractivity contribution in [3.63, 3.8) is 0 Å². The zero-order valence-corrected chi connectivity index (χ0v) is 18.4. The van der Waals surface area contributed by atoms with Crippen molar-refractivity contribution in [1.29, 1.82) is 0 Å². The summed E-state index contributed by atoms with van der Waals surface area (Å²) >= 11 is 0. The van der Waals surface area contributed by atoms with Crippen LogP contribution in [-0.4, -0.2) is 4.89 Å². The van der Waals surface area contributed by atoms with Crippen molar-refractivity contribution < 1.29 is 18.5 Å². The molecule has 0 radical (unpaired) electrons. The summed E-state index contributed by atoms with van der Waals surface area (Å²) in [6.45, 7) is 4.08.